The Morgan fingerprint density at radius 2 is 1.88 bits per heavy atom. The lowest BCUT2D eigenvalue weighted by atomic mass is 9.96. The number of amides is 2. The van der Waals surface area contributed by atoms with Crippen molar-refractivity contribution in [3.63, 3.8) is 0 Å². The number of nitrogens with zero attached hydrogens (tertiary/aromatic N) is 1. The van der Waals surface area contributed by atoms with Crippen molar-refractivity contribution in [2.45, 2.75) is 12.8 Å². The minimum Gasteiger partial charge on any atom is -0.347 e. The van der Waals surface area contributed by atoms with Crippen LogP contribution in [0.25, 0.3) is 0 Å². The largest absolute Gasteiger partial charge is 0.347 e. The van der Waals surface area contributed by atoms with Crippen molar-refractivity contribution in [2.24, 2.45) is 5.92 Å². The SMILES string of the molecule is C#CCN1CCC(C(=O)NCC(=O)Nc2ccc(F)c(F)c2F)CC1. The summed E-state index contributed by atoms with van der Waals surface area (Å²) < 4.78 is 39.4. The Morgan fingerprint density at radius 3 is 2.52 bits per heavy atom. The molecule has 2 amide bonds. The molecular formula is C17H18F3N3O2. The fraction of sp³-hybridized carbons (Fsp3) is 0.412. The molecule has 0 radical (unpaired) electrons. The molecule has 5 nitrogen and oxygen atoms in total. The molecule has 134 valence electrons. The summed E-state index contributed by atoms with van der Waals surface area (Å²) in [6, 6.07) is 1.62. The molecule has 1 heterocycles. The summed E-state index contributed by atoms with van der Waals surface area (Å²) in [7, 11) is 0. The zero-order chi connectivity index (χ0) is 18.4. The summed E-state index contributed by atoms with van der Waals surface area (Å²) in [6.45, 7) is 1.56. The first-order chi connectivity index (χ1) is 11.9. The van der Waals surface area contributed by atoms with Gasteiger partial charge in [-0.05, 0) is 38.1 Å². The monoisotopic (exact) mass is 353 g/mol. The zero-order valence-electron chi connectivity index (χ0n) is 13.4. The quantitative estimate of drug-likeness (QED) is 0.623. The van der Waals surface area contributed by atoms with Gasteiger partial charge in [0.25, 0.3) is 0 Å². The topological polar surface area (TPSA) is 61.4 Å². The maximum absolute atomic E-state index is 13.5. The molecule has 0 unspecified atom stereocenters. The highest BCUT2D eigenvalue weighted by molar-refractivity contribution is 5.94. The average Bonchev–Trinajstić information content (AvgIpc) is 2.61. The number of hydrogen-bond donors (Lipinski definition) is 2. The highest BCUT2D eigenvalue weighted by Gasteiger charge is 2.25. The van der Waals surface area contributed by atoms with Gasteiger partial charge in [-0.2, -0.15) is 0 Å². The van der Waals surface area contributed by atoms with Crippen LogP contribution in [0.1, 0.15) is 12.8 Å². The molecule has 8 heteroatoms. The lowest BCUT2D eigenvalue weighted by molar-refractivity contribution is -0.128. The van der Waals surface area contributed by atoms with Gasteiger partial charge >= 0.3 is 0 Å². The van der Waals surface area contributed by atoms with E-state index in [2.05, 4.69) is 21.5 Å². The Labute approximate surface area is 143 Å². The third-order valence-corrected chi connectivity index (χ3v) is 4.01. The molecule has 0 atom stereocenters. The van der Waals surface area contributed by atoms with E-state index in [-0.39, 0.29) is 18.4 Å². The van der Waals surface area contributed by atoms with Crippen LogP contribution in [0, 0.1) is 35.7 Å². The molecule has 1 aliphatic heterocycles. The van der Waals surface area contributed by atoms with Crippen molar-refractivity contribution in [2.75, 3.05) is 31.5 Å². The van der Waals surface area contributed by atoms with Crippen molar-refractivity contribution in [3.8, 4) is 12.3 Å². The predicted molar refractivity (Wildman–Crippen MR) is 86.0 cm³/mol. The van der Waals surface area contributed by atoms with E-state index in [9.17, 15) is 22.8 Å². The van der Waals surface area contributed by atoms with Crippen molar-refractivity contribution in [3.05, 3.63) is 29.6 Å². The first-order valence-electron chi connectivity index (χ1n) is 7.79. The molecule has 1 saturated heterocycles. The highest BCUT2D eigenvalue weighted by Crippen LogP contribution is 2.19. The van der Waals surface area contributed by atoms with Crippen molar-refractivity contribution >= 4 is 17.5 Å². The molecule has 1 aromatic carbocycles. The van der Waals surface area contributed by atoms with E-state index in [1.807, 2.05) is 0 Å². The second-order valence-electron chi connectivity index (χ2n) is 5.74. The first kappa shape index (κ1) is 18.8. The second kappa shape index (κ2) is 8.53. The van der Waals surface area contributed by atoms with Gasteiger partial charge in [0.2, 0.25) is 11.8 Å². The summed E-state index contributed by atoms with van der Waals surface area (Å²) in [6.07, 6.45) is 6.50. The Kier molecular flexibility index (Phi) is 6.42. The molecule has 0 aromatic heterocycles. The third kappa shape index (κ3) is 4.97. The van der Waals surface area contributed by atoms with Crippen LogP contribution in [0.15, 0.2) is 12.1 Å². The van der Waals surface area contributed by atoms with Crippen LogP contribution < -0.4 is 10.6 Å². The van der Waals surface area contributed by atoms with Crippen molar-refractivity contribution in [1.29, 1.82) is 0 Å². The third-order valence-electron chi connectivity index (χ3n) is 4.01. The van der Waals surface area contributed by atoms with E-state index in [1.165, 1.54) is 0 Å². The number of anilines is 1. The van der Waals surface area contributed by atoms with Gasteiger partial charge in [0, 0.05) is 5.92 Å². The summed E-state index contributed by atoms with van der Waals surface area (Å²) >= 11 is 0. The van der Waals surface area contributed by atoms with Gasteiger partial charge in [-0.15, -0.1) is 6.42 Å². The summed E-state index contributed by atoms with van der Waals surface area (Å²) in [5.74, 6) is -3.18. The Morgan fingerprint density at radius 1 is 1.20 bits per heavy atom. The van der Waals surface area contributed by atoms with Crippen LogP contribution in [-0.4, -0.2) is 42.9 Å². The molecule has 1 fully saturated rings. The number of benzene rings is 1. The second-order valence-corrected chi connectivity index (χ2v) is 5.74. The standard InChI is InChI=1S/C17H18F3N3O2/c1-2-7-23-8-5-11(6-9-23)17(25)21-10-14(24)22-13-4-3-12(18)15(19)16(13)20/h1,3-4,11H,5-10H2,(H,21,25)(H,22,24). The number of piperidine rings is 1. The number of nitrogens with one attached hydrogen (secondary N) is 2. The molecule has 0 spiro atoms. The maximum atomic E-state index is 13.5. The average molecular weight is 353 g/mol. The predicted octanol–water partition coefficient (Wildman–Crippen LogP) is 1.50. The lowest BCUT2D eigenvalue weighted by Crippen LogP contribution is -2.42. The molecule has 2 rings (SSSR count). The molecule has 0 aliphatic carbocycles. The van der Waals surface area contributed by atoms with Crippen LogP contribution in [0.4, 0.5) is 18.9 Å². The van der Waals surface area contributed by atoms with Gasteiger partial charge < -0.3 is 10.6 Å². The molecule has 0 bridgehead atoms. The number of halogens is 3. The number of terminal acetylenes is 1. The van der Waals surface area contributed by atoms with Gasteiger partial charge in [-0.25, -0.2) is 13.2 Å². The van der Waals surface area contributed by atoms with Gasteiger partial charge in [0.15, 0.2) is 17.5 Å². The molecule has 1 aliphatic rings. The van der Waals surface area contributed by atoms with Crippen LogP contribution in [-0.2, 0) is 9.59 Å². The summed E-state index contributed by atoms with van der Waals surface area (Å²) in [5, 5.41) is 4.56. The van der Waals surface area contributed by atoms with Gasteiger partial charge in [0.05, 0.1) is 18.8 Å². The molecule has 1 aromatic rings. The fourth-order valence-corrected chi connectivity index (χ4v) is 2.61. The number of hydrogen-bond acceptors (Lipinski definition) is 3. The lowest BCUT2D eigenvalue weighted by Gasteiger charge is -2.29. The number of likely N-dealkylation sites (tertiary alicyclic amines) is 1. The minimum atomic E-state index is -1.67. The van der Waals surface area contributed by atoms with E-state index in [1.54, 1.807) is 0 Å². The normalized spacial score (nSPS) is 15.4. The molecule has 25 heavy (non-hydrogen) atoms. The highest BCUT2D eigenvalue weighted by atomic mass is 19.2. The number of rotatable bonds is 5. The van der Waals surface area contributed by atoms with Gasteiger partial charge in [-0.1, -0.05) is 5.92 Å². The van der Waals surface area contributed by atoms with Crippen LogP contribution in [0.3, 0.4) is 0 Å². The first-order valence-corrected chi connectivity index (χ1v) is 7.79. The summed E-state index contributed by atoms with van der Waals surface area (Å²) in [4.78, 5) is 25.9. The van der Waals surface area contributed by atoms with Crippen LogP contribution >= 0.6 is 0 Å². The van der Waals surface area contributed by atoms with E-state index < -0.39 is 29.0 Å². The smallest absolute Gasteiger partial charge is 0.243 e. The number of carbonyl (C=O) groups excluding carboxylic acids is 2. The summed E-state index contributed by atoms with van der Waals surface area (Å²) in [5.41, 5.74) is -0.485. The van der Waals surface area contributed by atoms with E-state index in [0.29, 0.717) is 38.5 Å². The van der Waals surface area contributed by atoms with Crippen molar-refractivity contribution in [1.82, 2.24) is 10.2 Å². The minimum absolute atomic E-state index is 0.221. The van der Waals surface area contributed by atoms with Crippen LogP contribution in [0.5, 0.6) is 0 Å². The van der Waals surface area contributed by atoms with Gasteiger partial charge in [-0.3, -0.25) is 14.5 Å². The van der Waals surface area contributed by atoms with E-state index in [0.717, 1.165) is 6.07 Å². The Hall–Kier alpha value is -2.53. The van der Waals surface area contributed by atoms with Gasteiger partial charge in [0.1, 0.15) is 0 Å². The Balaban J connectivity index is 1.80. The molecular weight excluding hydrogens is 335 g/mol. The maximum Gasteiger partial charge on any atom is 0.243 e. The molecule has 2 N–H and O–H groups in total. The van der Waals surface area contributed by atoms with Crippen LogP contribution in [0.2, 0.25) is 0 Å². The van der Waals surface area contributed by atoms with Crippen molar-refractivity contribution < 1.29 is 22.8 Å². The zero-order valence-corrected chi connectivity index (χ0v) is 13.4. The molecule has 0 saturated carbocycles. The Bertz CT molecular complexity index is 695. The van der Waals surface area contributed by atoms with E-state index >= 15 is 0 Å². The number of carbonyl (C=O) groups is 2. The fourth-order valence-electron chi connectivity index (χ4n) is 2.61. The van der Waals surface area contributed by atoms with E-state index in [4.69, 9.17) is 6.42 Å².